The van der Waals surface area contributed by atoms with Crippen LogP contribution in [0, 0.1) is 13.8 Å². The van der Waals surface area contributed by atoms with Crippen LogP contribution in [0.1, 0.15) is 24.0 Å². The first-order valence-corrected chi connectivity index (χ1v) is 7.75. The minimum atomic E-state index is -3.56. The fourth-order valence-electron chi connectivity index (χ4n) is 2.42. The molecule has 0 radical (unpaired) electrons. The van der Waals surface area contributed by atoms with Gasteiger partial charge in [0.1, 0.15) is 10.6 Å². The van der Waals surface area contributed by atoms with E-state index in [-0.39, 0.29) is 17.0 Å². The Morgan fingerprint density at radius 1 is 1.32 bits per heavy atom. The van der Waals surface area contributed by atoms with Gasteiger partial charge >= 0.3 is 0 Å². The molecule has 0 spiro atoms. The lowest BCUT2D eigenvalue weighted by molar-refractivity contribution is 0.326. The molecule has 2 rings (SSSR count). The molecule has 1 fully saturated rings. The summed E-state index contributed by atoms with van der Waals surface area (Å²) in [5, 5.41) is 0. The molecule has 1 aromatic rings. The number of aryl methyl sites for hydroxylation is 2. The number of benzene rings is 1. The van der Waals surface area contributed by atoms with Crippen LogP contribution in [0.25, 0.3) is 0 Å². The van der Waals surface area contributed by atoms with Crippen molar-refractivity contribution in [3.05, 3.63) is 23.3 Å². The number of ether oxygens (including phenoxy) is 1. The van der Waals surface area contributed by atoms with E-state index in [1.807, 2.05) is 19.9 Å². The van der Waals surface area contributed by atoms with Gasteiger partial charge in [0.05, 0.1) is 7.11 Å². The van der Waals surface area contributed by atoms with Gasteiger partial charge in [-0.1, -0.05) is 6.07 Å². The minimum absolute atomic E-state index is 0.0643. The average molecular weight is 284 g/mol. The summed E-state index contributed by atoms with van der Waals surface area (Å²) in [5.74, 6) is 0.404. The molecule has 1 aliphatic carbocycles. The summed E-state index contributed by atoms with van der Waals surface area (Å²) >= 11 is 0. The number of nitrogens with one attached hydrogen (secondary N) is 1. The normalized spacial score (nSPS) is 22.9. The van der Waals surface area contributed by atoms with Gasteiger partial charge in [-0.3, -0.25) is 0 Å². The lowest BCUT2D eigenvalue weighted by atomic mass is 9.89. The van der Waals surface area contributed by atoms with Crippen molar-refractivity contribution < 1.29 is 13.2 Å². The van der Waals surface area contributed by atoms with Gasteiger partial charge in [-0.2, -0.15) is 0 Å². The molecule has 0 amide bonds. The van der Waals surface area contributed by atoms with Crippen molar-refractivity contribution in [3.8, 4) is 5.75 Å². The summed E-state index contributed by atoms with van der Waals surface area (Å²) in [4.78, 5) is 0.202. The van der Waals surface area contributed by atoms with E-state index in [2.05, 4.69) is 4.72 Å². The van der Waals surface area contributed by atoms with Crippen molar-refractivity contribution in [2.24, 2.45) is 5.73 Å². The van der Waals surface area contributed by atoms with Crippen molar-refractivity contribution in [2.45, 2.75) is 43.7 Å². The third-order valence-corrected chi connectivity index (χ3v) is 4.90. The molecule has 1 aromatic carbocycles. The van der Waals surface area contributed by atoms with Crippen LogP contribution in [0.3, 0.4) is 0 Å². The number of rotatable bonds is 4. The van der Waals surface area contributed by atoms with Gasteiger partial charge in [-0.15, -0.1) is 0 Å². The van der Waals surface area contributed by atoms with Gasteiger partial charge in [0.15, 0.2) is 0 Å². The Hall–Kier alpha value is -1.11. The van der Waals surface area contributed by atoms with E-state index in [0.29, 0.717) is 18.6 Å². The standard InChI is InChI=1S/C13H20N2O3S/c1-8-4-9(2)13(18-3)12(5-8)19(16,17)15-11-6-10(14)7-11/h4-5,10-11,15H,6-7,14H2,1-3H3. The molecule has 0 heterocycles. The first-order valence-electron chi connectivity index (χ1n) is 6.26. The second kappa shape index (κ2) is 5.11. The second-order valence-corrected chi connectivity index (χ2v) is 6.85. The molecule has 0 unspecified atom stereocenters. The first-order chi connectivity index (χ1) is 8.83. The molecule has 106 valence electrons. The van der Waals surface area contributed by atoms with Crippen LogP contribution >= 0.6 is 0 Å². The maximum Gasteiger partial charge on any atom is 0.244 e. The van der Waals surface area contributed by atoms with E-state index >= 15 is 0 Å². The van der Waals surface area contributed by atoms with Gasteiger partial charge in [-0.05, 0) is 43.9 Å². The largest absolute Gasteiger partial charge is 0.495 e. The van der Waals surface area contributed by atoms with E-state index in [4.69, 9.17) is 10.5 Å². The summed E-state index contributed by atoms with van der Waals surface area (Å²) in [5.41, 5.74) is 7.38. The lowest BCUT2D eigenvalue weighted by Gasteiger charge is -2.32. The molecule has 1 saturated carbocycles. The smallest absolute Gasteiger partial charge is 0.244 e. The monoisotopic (exact) mass is 284 g/mol. The quantitative estimate of drug-likeness (QED) is 0.867. The average Bonchev–Trinajstić information content (AvgIpc) is 2.25. The molecule has 6 heteroatoms. The minimum Gasteiger partial charge on any atom is -0.495 e. The fraction of sp³-hybridized carbons (Fsp3) is 0.538. The molecule has 19 heavy (non-hydrogen) atoms. The first kappa shape index (κ1) is 14.3. The zero-order valence-electron chi connectivity index (χ0n) is 11.4. The van der Waals surface area contributed by atoms with Gasteiger partial charge in [0, 0.05) is 12.1 Å². The van der Waals surface area contributed by atoms with Gasteiger partial charge in [-0.25, -0.2) is 13.1 Å². The lowest BCUT2D eigenvalue weighted by Crippen LogP contribution is -2.50. The Morgan fingerprint density at radius 2 is 1.95 bits per heavy atom. The highest BCUT2D eigenvalue weighted by Crippen LogP contribution is 2.30. The third kappa shape index (κ3) is 2.91. The molecule has 5 nitrogen and oxygen atoms in total. The summed E-state index contributed by atoms with van der Waals surface area (Å²) < 4.78 is 32.7. The highest BCUT2D eigenvalue weighted by atomic mass is 32.2. The van der Waals surface area contributed by atoms with Crippen molar-refractivity contribution >= 4 is 10.0 Å². The van der Waals surface area contributed by atoms with Crippen molar-refractivity contribution in [1.82, 2.24) is 4.72 Å². The Labute approximate surface area is 114 Å². The zero-order valence-corrected chi connectivity index (χ0v) is 12.3. The Morgan fingerprint density at radius 3 is 2.47 bits per heavy atom. The third-order valence-electron chi connectivity index (χ3n) is 3.37. The molecule has 3 N–H and O–H groups in total. The molecule has 0 bridgehead atoms. The van der Waals surface area contributed by atoms with Gasteiger partial charge in [0.2, 0.25) is 10.0 Å². The SMILES string of the molecule is COc1c(C)cc(C)cc1S(=O)(=O)NC1CC(N)C1. The van der Waals surface area contributed by atoms with Crippen LogP contribution in [0.15, 0.2) is 17.0 Å². The van der Waals surface area contributed by atoms with Crippen LogP contribution in [-0.4, -0.2) is 27.6 Å². The predicted molar refractivity (Wildman–Crippen MR) is 73.8 cm³/mol. The number of hydrogen-bond acceptors (Lipinski definition) is 4. The van der Waals surface area contributed by atoms with Crippen molar-refractivity contribution in [3.63, 3.8) is 0 Å². The molecule has 0 aromatic heterocycles. The molecular weight excluding hydrogens is 264 g/mol. The number of methoxy groups -OCH3 is 1. The number of nitrogens with two attached hydrogens (primary N) is 1. The maximum absolute atomic E-state index is 12.4. The van der Waals surface area contributed by atoms with Crippen molar-refractivity contribution in [1.29, 1.82) is 0 Å². The fourth-order valence-corrected chi connectivity index (χ4v) is 4.01. The van der Waals surface area contributed by atoms with E-state index in [0.717, 1.165) is 11.1 Å². The Balaban J connectivity index is 2.34. The van der Waals surface area contributed by atoms with E-state index < -0.39 is 10.0 Å². The van der Waals surface area contributed by atoms with Crippen molar-refractivity contribution in [2.75, 3.05) is 7.11 Å². The van der Waals surface area contributed by atoms with E-state index in [9.17, 15) is 8.42 Å². The Kier molecular flexibility index (Phi) is 3.85. The summed E-state index contributed by atoms with van der Waals surface area (Å²) in [6.45, 7) is 3.70. The molecule has 1 aliphatic rings. The van der Waals surface area contributed by atoms with Gasteiger partial charge < -0.3 is 10.5 Å². The molecule has 0 aliphatic heterocycles. The molecular formula is C13H20N2O3S. The van der Waals surface area contributed by atoms with E-state index in [1.54, 1.807) is 6.07 Å². The topological polar surface area (TPSA) is 81.4 Å². The van der Waals surface area contributed by atoms with Crippen LogP contribution in [0.4, 0.5) is 0 Å². The van der Waals surface area contributed by atoms with Crippen LogP contribution in [0.2, 0.25) is 0 Å². The zero-order chi connectivity index (χ0) is 14.2. The van der Waals surface area contributed by atoms with E-state index in [1.165, 1.54) is 7.11 Å². The second-order valence-electron chi connectivity index (χ2n) is 5.16. The number of hydrogen-bond donors (Lipinski definition) is 2. The molecule has 0 atom stereocenters. The summed E-state index contributed by atoms with van der Waals surface area (Å²) in [7, 11) is -2.08. The highest BCUT2D eigenvalue weighted by molar-refractivity contribution is 7.89. The van der Waals surface area contributed by atoms with Crippen LogP contribution < -0.4 is 15.2 Å². The van der Waals surface area contributed by atoms with Gasteiger partial charge in [0.25, 0.3) is 0 Å². The highest BCUT2D eigenvalue weighted by Gasteiger charge is 2.31. The Bertz CT molecular complexity index is 578. The summed E-state index contributed by atoms with van der Waals surface area (Å²) in [6.07, 6.45) is 1.37. The summed E-state index contributed by atoms with van der Waals surface area (Å²) in [6, 6.07) is 3.57. The van der Waals surface area contributed by atoms with Crippen LogP contribution in [0.5, 0.6) is 5.75 Å². The number of sulfonamides is 1. The molecule has 0 saturated heterocycles. The maximum atomic E-state index is 12.4. The van der Waals surface area contributed by atoms with Crippen LogP contribution in [-0.2, 0) is 10.0 Å². The predicted octanol–water partition coefficient (Wildman–Crippen LogP) is 1.08.